The van der Waals surface area contributed by atoms with Gasteiger partial charge in [0.05, 0.1) is 0 Å². The van der Waals surface area contributed by atoms with Gasteiger partial charge in [-0.3, -0.25) is 4.99 Å². The van der Waals surface area contributed by atoms with E-state index in [1.807, 2.05) is 13.8 Å². The Kier molecular flexibility index (Phi) is 2.28. The van der Waals surface area contributed by atoms with Crippen LogP contribution in [0.3, 0.4) is 0 Å². The molecule has 0 bridgehead atoms. The van der Waals surface area contributed by atoms with Gasteiger partial charge in [0, 0.05) is 17.3 Å². The summed E-state index contributed by atoms with van der Waals surface area (Å²) < 4.78 is 0. The lowest BCUT2D eigenvalue weighted by molar-refractivity contribution is 0.987. The van der Waals surface area contributed by atoms with Crippen molar-refractivity contribution in [2.24, 2.45) is 10.9 Å². The van der Waals surface area contributed by atoms with E-state index in [-0.39, 0.29) is 0 Å². The van der Waals surface area contributed by atoms with E-state index in [0.717, 1.165) is 17.0 Å². The number of allylic oxidation sites excluding steroid dienone is 2. The van der Waals surface area contributed by atoms with Gasteiger partial charge in [-0.05, 0) is 32.3 Å². The molecule has 0 saturated heterocycles. The van der Waals surface area contributed by atoms with E-state index in [2.05, 4.69) is 18.2 Å². The maximum absolute atomic E-state index is 4.36. The van der Waals surface area contributed by atoms with E-state index in [4.69, 9.17) is 0 Å². The zero-order chi connectivity index (χ0) is 8.43. The summed E-state index contributed by atoms with van der Waals surface area (Å²) in [6.07, 6.45) is 2.54. The fraction of sp³-hybridized carbons (Fsp3) is 0.500. The normalized spacial score (nSPS) is 18.2. The summed E-state index contributed by atoms with van der Waals surface area (Å²) in [5.41, 5.74) is 3.08. The molecule has 60 valence electrons. The van der Waals surface area contributed by atoms with Crippen molar-refractivity contribution in [3.63, 3.8) is 0 Å². The summed E-state index contributed by atoms with van der Waals surface area (Å²) in [7, 11) is 0. The van der Waals surface area contributed by atoms with Crippen molar-refractivity contribution < 1.29 is 0 Å². The van der Waals surface area contributed by atoms with Crippen LogP contribution < -0.4 is 0 Å². The number of rotatable bonds is 3. The fourth-order valence-electron chi connectivity index (χ4n) is 0.819. The third kappa shape index (κ3) is 2.34. The highest BCUT2D eigenvalue weighted by atomic mass is 14.8. The predicted octanol–water partition coefficient (Wildman–Crippen LogP) is 2.95. The molecule has 0 aromatic rings. The van der Waals surface area contributed by atoms with E-state index in [0.29, 0.717) is 5.92 Å². The van der Waals surface area contributed by atoms with Gasteiger partial charge in [0.2, 0.25) is 0 Å². The molecular formula is C10H15N. The van der Waals surface area contributed by atoms with Gasteiger partial charge in [0.25, 0.3) is 0 Å². The summed E-state index contributed by atoms with van der Waals surface area (Å²) >= 11 is 0. The van der Waals surface area contributed by atoms with E-state index < -0.39 is 0 Å². The first-order valence-electron chi connectivity index (χ1n) is 4.01. The molecule has 1 nitrogen and oxygen atoms in total. The second-order valence-corrected chi connectivity index (χ2v) is 3.24. The minimum Gasteiger partial charge on any atom is -0.258 e. The van der Waals surface area contributed by atoms with Gasteiger partial charge in [-0.2, -0.15) is 0 Å². The molecule has 1 aliphatic rings. The molecule has 0 atom stereocenters. The summed E-state index contributed by atoms with van der Waals surface area (Å²) in [5.74, 6) is 0.671. The quantitative estimate of drug-likeness (QED) is 0.547. The van der Waals surface area contributed by atoms with E-state index in [1.54, 1.807) is 0 Å². The van der Waals surface area contributed by atoms with Crippen molar-refractivity contribution in [2.45, 2.75) is 26.7 Å². The summed E-state index contributed by atoms with van der Waals surface area (Å²) in [5, 5.41) is 0. The van der Waals surface area contributed by atoms with Crippen molar-refractivity contribution in [2.75, 3.05) is 0 Å². The summed E-state index contributed by atoms with van der Waals surface area (Å²) in [6.45, 7) is 11.7. The maximum Gasteiger partial charge on any atom is 0.0399 e. The summed E-state index contributed by atoms with van der Waals surface area (Å²) in [6, 6.07) is 0. The topological polar surface area (TPSA) is 12.4 Å². The molecule has 0 unspecified atom stereocenters. The second kappa shape index (κ2) is 3.04. The average Bonchev–Trinajstić information content (AvgIpc) is 2.67. The Morgan fingerprint density at radius 2 is 1.82 bits per heavy atom. The molecule has 0 aliphatic heterocycles. The van der Waals surface area contributed by atoms with Crippen LogP contribution in [-0.4, -0.2) is 5.71 Å². The average molecular weight is 149 g/mol. The molecule has 0 amide bonds. The Balaban J connectivity index is 2.55. The lowest BCUT2D eigenvalue weighted by Crippen LogP contribution is -1.93. The fourth-order valence-corrected chi connectivity index (χ4v) is 0.819. The monoisotopic (exact) mass is 149 g/mol. The molecule has 0 heterocycles. The van der Waals surface area contributed by atoms with Crippen LogP contribution in [0, 0.1) is 5.92 Å². The third-order valence-electron chi connectivity index (χ3n) is 1.98. The number of aliphatic imine (C=N–C) groups is 1. The zero-order valence-electron chi connectivity index (χ0n) is 7.35. The van der Waals surface area contributed by atoms with Crippen molar-refractivity contribution in [1.82, 2.24) is 0 Å². The molecule has 0 N–H and O–H groups in total. The largest absolute Gasteiger partial charge is 0.258 e. The Labute approximate surface area is 68.5 Å². The van der Waals surface area contributed by atoms with Gasteiger partial charge in [0.15, 0.2) is 0 Å². The lowest BCUT2D eigenvalue weighted by Gasteiger charge is -1.99. The molecule has 1 rings (SSSR count). The van der Waals surface area contributed by atoms with Crippen LogP contribution >= 0.6 is 0 Å². The zero-order valence-corrected chi connectivity index (χ0v) is 7.35. The van der Waals surface area contributed by atoms with E-state index in [9.17, 15) is 0 Å². The van der Waals surface area contributed by atoms with Crippen LogP contribution in [0.15, 0.2) is 29.4 Å². The number of hydrogen-bond donors (Lipinski definition) is 0. The Morgan fingerprint density at radius 1 is 1.27 bits per heavy atom. The Morgan fingerprint density at radius 3 is 2.18 bits per heavy atom. The molecule has 1 fully saturated rings. The Bertz CT molecular complexity index is 219. The standard InChI is InChI=1S/C10H15N/c1-7(2)8(3)11-9(4)10-5-6-10/h10H,1,4-6H2,2-3H3. The van der Waals surface area contributed by atoms with Crippen molar-refractivity contribution in [3.8, 4) is 0 Å². The van der Waals surface area contributed by atoms with Gasteiger partial charge >= 0.3 is 0 Å². The molecule has 1 heteroatoms. The molecule has 0 radical (unpaired) electrons. The highest BCUT2D eigenvalue weighted by Gasteiger charge is 2.24. The van der Waals surface area contributed by atoms with Crippen LogP contribution in [0.1, 0.15) is 26.7 Å². The minimum atomic E-state index is 0.671. The van der Waals surface area contributed by atoms with Gasteiger partial charge < -0.3 is 0 Å². The van der Waals surface area contributed by atoms with Gasteiger partial charge in [-0.15, -0.1) is 0 Å². The van der Waals surface area contributed by atoms with Crippen molar-refractivity contribution >= 4 is 5.71 Å². The number of nitrogens with zero attached hydrogens (tertiary/aromatic N) is 1. The first-order chi connectivity index (χ1) is 5.11. The number of hydrogen-bond acceptors (Lipinski definition) is 1. The van der Waals surface area contributed by atoms with Crippen LogP contribution in [0.2, 0.25) is 0 Å². The Hall–Kier alpha value is -0.850. The lowest BCUT2D eigenvalue weighted by atomic mass is 10.2. The van der Waals surface area contributed by atoms with Gasteiger partial charge in [0.1, 0.15) is 0 Å². The SMILES string of the molecule is C=C(C)C(C)=NC(=C)C1CC1. The summed E-state index contributed by atoms with van der Waals surface area (Å²) in [4.78, 5) is 4.36. The molecular weight excluding hydrogens is 134 g/mol. The van der Waals surface area contributed by atoms with E-state index >= 15 is 0 Å². The minimum absolute atomic E-state index is 0.671. The van der Waals surface area contributed by atoms with Crippen LogP contribution in [-0.2, 0) is 0 Å². The van der Waals surface area contributed by atoms with Gasteiger partial charge in [-0.1, -0.05) is 13.2 Å². The van der Waals surface area contributed by atoms with Crippen molar-refractivity contribution in [3.05, 3.63) is 24.4 Å². The highest BCUT2D eigenvalue weighted by molar-refractivity contribution is 5.97. The predicted molar refractivity (Wildman–Crippen MR) is 49.8 cm³/mol. The smallest absolute Gasteiger partial charge is 0.0399 e. The third-order valence-corrected chi connectivity index (χ3v) is 1.98. The first-order valence-corrected chi connectivity index (χ1v) is 4.01. The first kappa shape index (κ1) is 8.25. The second-order valence-electron chi connectivity index (χ2n) is 3.24. The molecule has 1 saturated carbocycles. The molecule has 0 aromatic heterocycles. The highest BCUT2D eigenvalue weighted by Crippen LogP contribution is 2.36. The van der Waals surface area contributed by atoms with Crippen LogP contribution in [0.5, 0.6) is 0 Å². The van der Waals surface area contributed by atoms with Crippen LogP contribution in [0.25, 0.3) is 0 Å². The van der Waals surface area contributed by atoms with E-state index in [1.165, 1.54) is 12.8 Å². The van der Waals surface area contributed by atoms with Crippen molar-refractivity contribution in [1.29, 1.82) is 0 Å². The maximum atomic E-state index is 4.36. The van der Waals surface area contributed by atoms with Gasteiger partial charge in [-0.25, -0.2) is 0 Å². The molecule has 0 aromatic carbocycles. The molecule has 11 heavy (non-hydrogen) atoms. The van der Waals surface area contributed by atoms with Crippen LogP contribution in [0.4, 0.5) is 0 Å². The molecule has 1 aliphatic carbocycles. The molecule has 0 spiro atoms.